The average Bonchev–Trinajstić information content (AvgIpc) is 2.43. The molecule has 0 fully saturated rings. The van der Waals surface area contributed by atoms with E-state index in [1.54, 1.807) is 6.92 Å². The first kappa shape index (κ1) is 10.6. The summed E-state index contributed by atoms with van der Waals surface area (Å²) in [7, 11) is 0. The molecule has 0 radical (unpaired) electrons. The van der Waals surface area contributed by atoms with Crippen LogP contribution in [0, 0.1) is 5.92 Å². The van der Waals surface area contributed by atoms with Gasteiger partial charge in [0.2, 0.25) is 0 Å². The van der Waals surface area contributed by atoms with E-state index in [9.17, 15) is 9.59 Å². The fourth-order valence-corrected chi connectivity index (χ4v) is 2.86. The van der Waals surface area contributed by atoms with Crippen LogP contribution in [0.25, 0.3) is 0 Å². The third-order valence-corrected chi connectivity index (χ3v) is 3.67. The Kier molecular flexibility index (Phi) is 3.03. The molecule has 1 atom stereocenters. The zero-order valence-electron chi connectivity index (χ0n) is 9.34. The molecule has 2 aliphatic carbocycles. The van der Waals surface area contributed by atoms with Crippen molar-refractivity contribution in [3.8, 4) is 0 Å². The highest BCUT2D eigenvalue weighted by Gasteiger charge is 2.31. The van der Waals surface area contributed by atoms with E-state index >= 15 is 0 Å². The Balaban J connectivity index is 2.34. The topological polar surface area (TPSA) is 34.1 Å². The standard InChI is InChI=1S/C13H18O2/c1-9(14)10-7-8-13(15)12-6-4-2-3-5-11(10)12/h10H,2-8H2,1H3. The summed E-state index contributed by atoms with van der Waals surface area (Å²) in [6.07, 6.45) is 6.70. The lowest BCUT2D eigenvalue weighted by molar-refractivity contribution is -0.121. The maximum atomic E-state index is 11.8. The Morgan fingerprint density at radius 2 is 1.87 bits per heavy atom. The molecule has 0 bridgehead atoms. The number of ketones is 2. The van der Waals surface area contributed by atoms with Crippen LogP contribution in [0.5, 0.6) is 0 Å². The van der Waals surface area contributed by atoms with Crippen molar-refractivity contribution in [1.82, 2.24) is 0 Å². The number of rotatable bonds is 1. The molecule has 0 aromatic heterocycles. The summed E-state index contributed by atoms with van der Waals surface area (Å²) in [5, 5.41) is 0. The second-order valence-corrected chi connectivity index (χ2v) is 4.69. The van der Waals surface area contributed by atoms with Gasteiger partial charge in [-0.2, -0.15) is 0 Å². The molecule has 0 aliphatic heterocycles. The van der Waals surface area contributed by atoms with E-state index in [0.717, 1.165) is 37.7 Å². The first-order valence-electron chi connectivity index (χ1n) is 5.95. The summed E-state index contributed by atoms with van der Waals surface area (Å²) in [5.74, 6) is 0.622. The van der Waals surface area contributed by atoms with E-state index in [1.807, 2.05) is 0 Å². The molecule has 0 spiro atoms. The van der Waals surface area contributed by atoms with Crippen LogP contribution in [-0.4, -0.2) is 11.6 Å². The Bertz CT molecular complexity index is 325. The highest BCUT2D eigenvalue weighted by molar-refractivity contribution is 5.99. The molecule has 0 heterocycles. The largest absolute Gasteiger partial charge is 0.299 e. The highest BCUT2D eigenvalue weighted by atomic mass is 16.1. The number of Topliss-reactive ketones (excluding diaryl/α,β-unsaturated/α-hetero) is 2. The van der Waals surface area contributed by atoms with Gasteiger partial charge in [-0.25, -0.2) is 0 Å². The summed E-state index contributed by atoms with van der Waals surface area (Å²) in [6.45, 7) is 1.66. The van der Waals surface area contributed by atoms with Crippen molar-refractivity contribution in [3.63, 3.8) is 0 Å². The lowest BCUT2D eigenvalue weighted by Gasteiger charge is -2.25. The van der Waals surface area contributed by atoms with Crippen LogP contribution in [-0.2, 0) is 9.59 Å². The minimum atomic E-state index is 0.0656. The molecule has 2 nitrogen and oxygen atoms in total. The van der Waals surface area contributed by atoms with E-state index < -0.39 is 0 Å². The van der Waals surface area contributed by atoms with Crippen molar-refractivity contribution in [3.05, 3.63) is 11.1 Å². The van der Waals surface area contributed by atoms with Crippen LogP contribution in [0.15, 0.2) is 11.1 Å². The van der Waals surface area contributed by atoms with Crippen molar-refractivity contribution in [2.75, 3.05) is 0 Å². The fraction of sp³-hybridized carbons (Fsp3) is 0.692. The van der Waals surface area contributed by atoms with Gasteiger partial charge in [-0.1, -0.05) is 12.0 Å². The molecule has 2 aliphatic rings. The van der Waals surface area contributed by atoms with Crippen molar-refractivity contribution in [2.45, 2.75) is 51.9 Å². The third-order valence-electron chi connectivity index (χ3n) is 3.67. The summed E-state index contributed by atoms with van der Waals surface area (Å²) < 4.78 is 0. The van der Waals surface area contributed by atoms with E-state index in [0.29, 0.717) is 12.2 Å². The van der Waals surface area contributed by atoms with Gasteiger partial charge in [0, 0.05) is 12.3 Å². The monoisotopic (exact) mass is 206 g/mol. The van der Waals surface area contributed by atoms with Crippen molar-refractivity contribution in [2.24, 2.45) is 5.92 Å². The number of hydrogen-bond acceptors (Lipinski definition) is 2. The first-order chi connectivity index (χ1) is 7.20. The normalized spacial score (nSPS) is 27.3. The maximum Gasteiger partial charge on any atom is 0.158 e. The number of carbonyl (C=O) groups excluding carboxylic acids is 2. The Hall–Kier alpha value is -0.920. The average molecular weight is 206 g/mol. The van der Waals surface area contributed by atoms with Crippen LogP contribution in [0.2, 0.25) is 0 Å². The van der Waals surface area contributed by atoms with Gasteiger partial charge in [0.15, 0.2) is 5.78 Å². The summed E-state index contributed by atoms with van der Waals surface area (Å²) >= 11 is 0. The molecule has 0 aromatic rings. The predicted molar refractivity (Wildman–Crippen MR) is 58.5 cm³/mol. The van der Waals surface area contributed by atoms with Crippen LogP contribution < -0.4 is 0 Å². The van der Waals surface area contributed by atoms with Gasteiger partial charge in [0.1, 0.15) is 5.78 Å². The van der Waals surface area contributed by atoms with Gasteiger partial charge < -0.3 is 0 Å². The van der Waals surface area contributed by atoms with Gasteiger partial charge in [-0.15, -0.1) is 0 Å². The molecule has 0 aromatic carbocycles. The van der Waals surface area contributed by atoms with Gasteiger partial charge >= 0.3 is 0 Å². The van der Waals surface area contributed by atoms with Crippen LogP contribution in [0.1, 0.15) is 51.9 Å². The zero-order chi connectivity index (χ0) is 10.8. The maximum absolute atomic E-state index is 11.8. The molecular weight excluding hydrogens is 188 g/mol. The van der Waals surface area contributed by atoms with Gasteiger partial charge in [0.05, 0.1) is 0 Å². The first-order valence-corrected chi connectivity index (χ1v) is 5.95. The second-order valence-electron chi connectivity index (χ2n) is 4.69. The molecule has 82 valence electrons. The van der Waals surface area contributed by atoms with E-state index in [2.05, 4.69) is 0 Å². The highest BCUT2D eigenvalue weighted by Crippen LogP contribution is 2.36. The number of allylic oxidation sites excluding steroid dienone is 2. The fourth-order valence-electron chi connectivity index (χ4n) is 2.86. The summed E-state index contributed by atoms with van der Waals surface area (Å²) in [5.41, 5.74) is 2.20. The van der Waals surface area contributed by atoms with Gasteiger partial charge in [-0.3, -0.25) is 9.59 Å². The quantitative estimate of drug-likeness (QED) is 0.661. The number of carbonyl (C=O) groups is 2. The molecule has 0 N–H and O–H groups in total. The van der Waals surface area contributed by atoms with Crippen LogP contribution >= 0.6 is 0 Å². The minimum absolute atomic E-state index is 0.0656. The molecular formula is C13H18O2. The molecule has 15 heavy (non-hydrogen) atoms. The number of hydrogen-bond donors (Lipinski definition) is 0. The van der Waals surface area contributed by atoms with Crippen molar-refractivity contribution < 1.29 is 9.59 Å². The van der Waals surface area contributed by atoms with Crippen molar-refractivity contribution in [1.29, 1.82) is 0 Å². The summed E-state index contributed by atoms with van der Waals surface area (Å²) in [4.78, 5) is 23.3. The van der Waals surface area contributed by atoms with Gasteiger partial charge in [-0.05, 0) is 44.6 Å². The molecule has 1 unspecified atom stereocenters. The Morgan fingerprint density at radius 3 is 2.60 bits per heavy atom. The van der Waals surface area contributed by atoms with Crippen LogP contribution in [0.4, 0.5) is 0 Å². The Morgan fingerprint density at radius 1 is 1.13 bits per heavy atom. The van der Waals surface area contributed by atoms with E-state index in [-0.39, 0.29) is 11.7 Å². The predicted octanol–water partition coefficient (Wildman–Crippen LogP) is 2.82. The van der Waals surface area contributed by atoms with Crippen molar-refractivity contribution >= 4 is 11.6 Å². The molecule has 2 rings (SSSR count). The second kappa shape index (κ2) is 4.30. The van der Waals surface area contributed by atoms with E-state index in [1.165, 1.54) is 12.0 Å². The lowest BCUT2D eigenvalue weighted by atomic mass is 9.78. The molecule has 0 amide bonds. The smallest absolute Gasteiger partial charge is 0.158 e. The minimum Gasteiger partial charge on any atom is -0.299 e. The van der Waals surface area contributed by atoms with Crippen LogP contribution in [0.3, 0.4) is 0 Å². The molecule has 0 saturated carbocycles. The van der Waals surface area contributed by atoms with Gasteiger partial charge in [0.25, 0.3) is 0 Å². The lowest BCUT2D eigenvalue weighted by Crippen LogP contribution is -2.24. The summed E-state index contributed by atoms with van der Waals surface area (Å²) in [6, 6.07) is 0. The SMILES string of the molecule is CC(=O)C1CCC(=O)C2=C1CCCCC2. The third kappa shape index (κ3) is 2.04. The zero-order valence-corrected chi connectivity index (χ0v) is 9.34. The Labute approximate surface area is 90.7 Å². The molecule has 0 saturated heterocycles. The van der Waals surface area contributed by atoms with E-state index in [4.69, 9.17) is 0 Å². The molecule has 2 heteroatoms.